The van der Waals surface area contributed by atoms with E-state index in [1.54, 1.807) is 26.8 Å². The van der Waals surface area contributed by atoms with E-state index in [4.69, 9.17) is 0 Å². The number of amides is 2. The van der Waals surface area contributed by atoms with Crippen LogP contribution in [0.15, 0.2) is 60.8 Å². The fraction of sp³-hybridized carbons (Fsp3) is 0.308. The van der Waals surface area contributed by atoms with Crippen molar-refractivity contribution in [2.24, 2.45) is 0 Å². The minimum atomic E-state index is -0.775. The molecule has 0 N–H and O–H groups in total. The lowest BCUT2D eigenvalue weighted by Crippen LogP contribution is -2.53. The van der Waals surface area contributed by atoms with Gasteiger partial charge in [-0.3, -0.25) is 9.59 Å². The molecule has 8 heteroatoms. The van der Waals surface area contributed by atoms with Crippen LogP contribution in [0.25, 0.3) is 0 Å². The fourth-order valence-corrected chi connectivity index (χ4v) is 4.32. The highest BCUT2D eigenvalue weighted by atomic mass is 19.1. The van der Waals surface area contributed by atoms with Gasteiger partial charge in [-0.2, -0.15) is 0 Å². The Hall–Kier alpha value is -3.55. The van der Waals surface area contributed by atoms with Crippen LogP contribution in [0.1, 0.15) is 48.4 Å². The Morgan fingerprint density at radius 1 is 0.971 bits per heavy atom. The van der Waals surface area contributed by atoms with E-state index in [1.807, 2.05) is 16.8 Å². The third-order valence-electron chi connectivity index (χ3n) is 6.04. The summed E-state index contributed by atoms with van der Waals surface area (Å²) >= 11 is 0. The highest BCUT2D eigenvalue weighted by Gasteiger charge is 2.37. The zero-order valence-electron chi connectivity index (χ0n) is 19.3. The Morgan fingerprint density at radius 3 is 2.38 bits per heavy atom. The minimum Gasteiger partial charge on any atom is -0.348 e. The largest absolute Gasteiger partial charge is 0.348 e. The summed E-state index contributed by atoms with van der Waals surface area (Å²) in [5, 5.41) is 0. The van der Waals surface area contributed by atoms with Gasteiger partial charge < -0.3 is 14.4 Å². The van der Waals surface area contributed by atoms with Crippen molar-refractivity contribution in [2.45, 2.75) is 38.9 Å². The SMILES string of the molecule is CC(C)(C)N(CC(=O)N1CCn2cccc2C1c1ccc(F)cc1F)C(=O)c1cccc(F)c1. The Kier molecular flexibility index (Phi) is 6.25. The number of hydrogen-bond donors (Lipinski definition) is 0. The van der Waals surface area contributed by atoms with Crippen LogP contribution in [0, 0.1) is 17.5 Å². The average Bonchev–Trinajstić information content (AvgIpc) is 3.25. The number of carbonyl (C=O) groups is 2. The summed E-state index contributed by atoms with van der Waals surface area (Å²) in [7, 11) is 0. The third-order valence-corrected chi connectivity index (χ3v) is 6.04. The summed E-state index contributed by atoms with van der Waals surface area (Å²) in [5.41, 5.74) is 0.263. The van der Waals surface area contributed by atoms with Crippen molar-refractivity contribution in [3.05, 3.63) is 95.1 Å². The molecule has 2 heterocycles. The van der Waals surface area contributed by atoms with Gasteiger partial charge in [0.25, 0.3) is 5.91 Å². The molecular weight excluding hydrogens is 443 g/mol. The topological polar surface area (TPSA) is 45.6 Å². The summed E-state index contributed by atoms with van der Waals surface area (Å²) in [5.74, 6) is -2.87. The third kappa shape index (κ3) is 4.58. The Balaban J connectivity index is 1.68. The van der Waals surface area contributed by atoms with Crippen LogP contribution >= 0.6 is 0 Å². The molecule has 1 atom stereocenters. The predicted octanol–water partition coefficient (Wildman–Crippen LogP) is 4.78. The van der Waals surface area contributed by atoms with E-state index in [0.29, 0.717) is 12.2 Å². The number of carbonyl (C=O) groups excluding carboxylic acids is 2. The van der Waals surface area contributed by atoms with E-state index in [-0.39, 0.29) is 30.1 Å². The second-order valence-electron chi connectivity index (χ2n) is 9.35. The van der Waals surface area contributed by atoms with Crippen LogP contribution < -0.4 is 0 Å². The number of nitrogens with zero attached hydrogens (tertiary/aromatic N) is 3. The maximum Gasteiger partial charge on any atom is 0.254 e. The molecule has 1 unspecified atom stereocenters. The molecule has 2 aromatic carbocycles. The van der Waals surface area contributed by atoms with E-state index in [0.717, 1.165) is 18.2 Å². The molecule has 178 valence electrons. The van der Waals surface area contributed by atoms with Gasteiger partial charge in [0, 0.05) is 47.7 Å². The van der Waals surface area contributed by atoms with Gasteiger partial charge in [0.05, 0.1) is 0 Å². The number of aromatic nitrogens is 1. The number of hydrogen-bond acceptors (Lipinski definition) is 2. The van der Waals surface area contributed by atoms with Crippen molar-refractivity contribution in [1.82, 2.24) is 14.4 Å². The van der Waals surface area contributed by atoms with Gasteiger partial charge in [0.1, 0.15) is 30.0 Å². The Labute approximate surface area is 196 Å². The molecule has 1 aliphatic rings. The molecule has 0 fully saturated rings. The predicted molar refractivity (Wildman–Crippen MR) is 122 cm³/mol. The van der Waals surface area contributed by atoms with Crippen LogP contribution in [-0.2, 0) is 11.3 Å². The molecular formula is C26H26F3N3O2. The summed E-state index contributed by atoms with van der Waals surface area (Å²) in [6.45, 7) is 5.87. The maximum absolute atomic E-state index is 14.8. The first-order chi connectivity index (χ1) is 16.1. The first kappa shape index (κ1) is 23.6. The molecule has 0 aliphatic carbocycles. The minimum absolute atomic E-state index is 0.136. The molecule has 5 nitrogen and oxygen atoms in total. The standard InChI is InChI=1S/C26H26F3N3O2/c1-26(2,3)32(25(34)17-6-4-7-18(27)14-17)16-23(33)31-13-12-30-11-5-8-22(30)24(31)20-10-9-19(28)15-21(20)29/h4-11,14-15,24H,12-13,16H2,1-3H3. The lowest BCUT2D eigenvalue weighted by atomic mass is 9.98. The zero-order valence-corrected chi connectivity index (χ0v) is 19.3. The molecule has 0 spiro atoms. The molecule has 1 aromatic heterocycles. The van der Waals surface area contributed by atoms with E-state index in [1.165, 1.54) is 34.1 Å². The molecule has 1 aliphatic heterocycles. The van der Waals surface area contributed by atoms with Crippen LogP contribution in [-0.4, -0.2) is 44.8 Å². The van der Waals surface area contributed by atoms with E-state index >= 15 is 0 Å². The monoisotopic (exact) mass is 469 g/mol. The maximum atomic E-state index is 14.8. The highest BCUT2D eigenvalue weighted by Crippen LogP contribution is 2.34. The van der Waals surface area contributed by atoms with Gasteiger partial charge in [0.15, 0.2) is 0 Å². The Morgan fingerprint density at radius 2 is 1.71 bits per heavy atom. The molecule has 3 aromatic rings. The van der Waals surface area contributed by atoms with Crippen molar-refractivity contribution < 1.29 is 22.8 Å². The average molecular weight is 470 g/mol. The van der Waals surface area contributed by atoms with Gasteiger partial charge >= 0.3 is 0 Å². The number of benzene rings is 2. The highest BCUT2D eigenvalue weighted by molar-refractivity contribution is 5.97. The van der Waals surface area contributed by atoms with Gasteiger partial charge in [-0.1, -0.05) is 12.1 Å². The van der Waals surface area contributed by atoms with Crippen LogP contribution in [0.2, 0.25) is 0 Å². The quantitative estimate of drug-likeness (QED) is 0.552. The van der Waals surface area contributed by atoms with E-state index < -0.39 is 34.9 Å². The Bertz CT molecular complexity index is 1230. The van der Waals surface area contributed by atoms with Crippen molar-refractivity contribution >= 4 is 11.8 Å². The molecule has 4 rings (SSSR count). The van der Waals surface area contributed by atoms with Gasteiger partial charge in [-0.05, 0) is 57.2 Å². The molecule has 2 amide bonds. The molecule has 0 saturated heterocycles. The van der Waals surface area contributed by atoms with Crippen molar-refractivity contribution in [2.75, 3.05) is 13.1 Å². The van der Waals surface area contributed by atoms with Gasteiger partial charge in [-0.25, -0.2) is 13.2 Å². The number of fused-ring (bicyclic) bond motifs is 1. The molecule has 34 heavy (non-hydrogen) atoms. The first-order valence-corrected chi connectivity index (χ1v) is 11.0. The number of rotatable bonds is 4. The van der Waals surface area contributed by atoms with Crippen molar-refractivity contribution in [1.29, 1.82) is 0 Å². The lowest BCUT2D eigenvalue weighted by molar-refractivity contribution is -0.135. The number of halogens is 3. The molecule has 0 radical (unpaired) electrons. The summed E-state index contributed by atoms with van der Waals surface area (Å²) in [4.78, 5) is 29.8. The van der Waals surface area contributed by atoms with E-state index in [2.05, 4.69) is 0 Å². The summed E-state index contributed by atoms with van der Waals surface area (Å²) in [6, 6.07) is 11.5. The van der Waals surface area contributed by atoms with Crippen LogP contribution in [0.5, 0.6) is 0 Å². The van der Waals surface area contributed by atoms with Gasteiger partial charge in [0.2, 0.25) is 5.91 Å². The lowest BCUT2D eigenvalue weighted by Gasteiger charge is -2.41. The van der Waals surface area contributed by atoms with Crippen molar-refractivity contribution in [3.63, 3.8) is 0 Å². The second kappa shape index (κ2) is 9.00. The first-order valence-electron chi connectivity index (χ1n) is 11.0. The zero-order chi connectivity index (χ0) is 24.6. The van der Waals surface area contributed by atoms with Gasteiger partial charge in [-0.15, -0.1) is 0 Å². The molecule has 0 saturated carbocycles. The smallest absolute Gasteiger partial charge is 0.254 e. The molecule has 0 bridgehead atoms. The van der Waals surface area contributed by atoms with Crippen molar-refractivity contribution in [3.8, 4) is 0 Å². The summed E-state index contributed by atoms with van der Waals surface area (Å²) < 4.78 is 44.1. The summed E-state index contributed by atoms with van der Waals surface area (Å²) in [6.07, 6.45) is 1.85. The second-order valence-corrected chi connectivity index (χ2v) is 9.35. The van der Waals surface area contributed by atoms with E-state index in [9.17, 15) is 22.8 Å². The fourth-order valence-electron chi connectivity index (χ4n) is 4.32. The van der Waals surface area contributed by atoms with Crippen LogP contribution in [0.3, 0.4) is 0 Å². The van der Waals surface area contributed by atoms with Crippen LogP contribution in [0.4, 0.5) is 13.2 Å². The normalized spacial score (nSPS) is 15.7.